The molecule has 0 saturated carbocycles. The topological polar surface area (TPSA) is 85.2 Å². The fourth-order valence-electron chi connectivity index (χ4n) is 2.52. The van der Waals surface area contributed by atoms with Crippen LogP contribution in [0.2, 0.25) is 5.02 Å². The van der Waals surface area contributed by atoms with Crippen LogP contribution in [0, 0.1) is 6.92 Å². The minimum Gasteiger partial charge on any atom is -0.460 e. The molecule has 0 aliphatic carbocycles. The number of nitrogens with one attached hydrogen (secondary N) is 1. The Kier molecular flexibility index (Phi) is 4.40. The van der Waals surface area contributed by atoms with Crippen LogP contribution in [0.15, 0.2) is 38.3 Å². The van der Waals surface area contributed by atoms with E-state index in [2.05, 4.69) is 9.97 Å². The van der Waals surface area contributed by atoms with E-state index in [-0.39, 0.29) is 23.7 Å². The van der Waals surface area contributed by atoms with Gasteiger partial charge in [0.2, 0.25) is 5.71 Å². The van der Waals surface area contributed by atoms with E-state index in [4.69, 9.17) is 20.8 Å². The first-order chi connectivity index (χ1) is 11.5. The molecule has 0 radical (unpaired) electrons. The van der Waals surface area contributed by atoms with Crippen LogP contribution in [-0.2, 0) is 13.0 Å². The molecule has 0 unspecified atom stereocenters. The normalized spacial score (nSPS) is 11.0. The minimum atomic E-state index is -0.547. The van der Waals surface area contributed by atoms with E-state index in [1.165, 1.54) is 6.07 Å². The van der Waals surface area contributed by atoms with Crippen LogP contribution in [0.5, 0.6) is 6.01 Å². The number of nitrogens with zero attached hydrogens (tertiary/aromatic N) is 1. The largest absolute Gasteiger partial charge is 0.460 e. The molecule has 0 amide bonds. The molecule has 2 heterocycles. The zero-order valence-electron chi connectivity index (χ0n) is 13.2. The van der Waals surface area contributed by atoms with Gasteiger partial charge in [-0.3, -0.25) is 9.78 Å². The van der Waals surface area contributed by atoms with Gasteiger partial charge in [-0.25, -0.2) is 4.79 Å². The first-order valence-electron chi connectivity index (χ1n) is 7.42. The number of H-pyrrole nitrogens is 1. The molecule has 0 aliphatic heterocycles. The smallest absolute Gasteiger partial charge is 0.337 e. The van der Waals surface area contributed by atoms with Crippen LogP contribution in [0.4, 0.5) is 0 Å². The van der Waals surface area contributed by atoms with Crippen LogP contribution in [0.25, 0.3) is 11.1 Å². The van der Waals surface area contributed by atoms with Crippen molar-refractivity contribution in [1.29, 1.82) is 0 Å². The molecule has 7 heteroatoms. The number of halogens is 1. The highest BCUT2D eigenvalue weighted by molar-refractivity contribution is 6.30. The summed E-state index contributed by atoms with van der Waals surface area (Å²) in [6.07, 6.45) is 0.523. The number of fused-ring (bicyclic) bond motifs is 1. The van der Waals surface area contributed by atoms with Gasteiger partial charge in [-0.15, -0.1) is 0 Å². The number of ether oxygens (including phenoxy) is 1. The van der Waals surface area contributed by atoms with Gasteiger partial charge in [0.25, 0.3) is 11.6 Å². The summed E-state index contributed by atoms with van der Waals surface area (Å²) in [7, 11) is 0. The molecule has 0 fully saturated rings. The van der Waals surface area contributed by atoms with Crippen molar-refractivity contribution in [1.82, 2.24) is 9.97 Å². The van der Waals surface area contributed by atoms with Crippen molar-refractivity contribution < 1.29 is 9.15 Å². The van der Waals surface area contributed by atoms with Crippen LogP contribution in [0.3, 0.4) is 0 Å². The lowest BCUT2D eigenvalue weighted by molar-refractivity contribution is 0.279. The zero-order chi connectivity index (χ0) is 17.3. The van der Waals surface area contributed by atoms with Crippen LogP contribution >= 0.6 is 11.6 Å². The third-order valence-corrected chi connectivity index (χ3v) is 3.75. The third kappa shape index (κ3) is 3.33. The molecule has 124 valence electrons. The number of hydrogen-bond acceptors (Lipinski definition) is 5. The van der Waals surface area contributed by atoms with Gasteiger partial charge in [0.15, 0.2) is 0 Å². The summed E-state index contributed by atoms with van der Waals surface area (Å²) in [6.45, 7) is 3.94. The highest BCUT2D eigenvalue weighted by Gasteiger charge is 2.12. The summed E-state index contributed by atoms with van der Waals surface area (Å²) in [5.41, 5.74) is 1.45. The Morgan fingerprint density at radius 3 is 2.75 bits per heavy atom. The molecule has 24 heavy (non-hydrogen) atoms. The molecular weight excluding hydrogens is 332 g/mol. The van der Waals surface area contributed by atoms with Gasteiger partial charge < -0.3 is 9.15 Å². The number of aromatic amines is 1. The summed E-state index contributed by atoms with van der Waals surface area (Å²) in [6, 6.07) is 6.81. The second kappa shape index (κ2) is 6.49. The Balaban J connectivity index is 1.96. The van der Waals surface area contributed by atoms with E-state index < -0.39 is 11.2 Å². The molecule has 6 nitrogen and oxygen atoms in total. The predicted molar refractivity (Wildman–Crippen MR) is 90.8 cm³/mol. The van der Waals surface area contributed by atoms with Crippen LogP contribution in [0.1, 0.15) is 23.6 Å². The maximum Gasteiger partial charge on any atom is 0.337 e. The quantitative estimate of drug-likeness (QED) is 0.785. The third-order valence-electron chi connectivity index (χ3n) is 3.53. The van der Waals surface area contributed by atoms with Gasteiger partial charge in [-0.05, 0) is 42.2 Å². The average Bonchev–Trinajstić information content (AvgIpc) is 2.50. The molecule has 3 rings (SSSR count). The van der Waals surface area contributed by atoms with E-state index >= 15 is 0 Å². The fourth-order valence-corrected chi connectivity index (χ4v) is 2.84. The lowest BCUT2D eigenvalue weighted by Crippen LogP contribution is -2.15. The Bertz CT molecular complexity index is 1000. The molecule has 1 N–H and O–H groups in total. The lowest BCUT2D eigenvalue weighted by atomic mass is 10.1. The monoisotopic (exact) mass is 346 g/mol. The zero-order valence-corrected chi connectivity index (χ0v) is 13.9. The summed E-state index contributed by atoms with van der Waals surface area (Å²) < 4.78 is 10.5. The van der Waals surface area contributed by atoms with Crippen molar-refractivity contribution in [2.24, 2.45) is 0 Å². The number of hydrogen-bond donors (Lipinski definition) is 1. The highest BCUT2D eigenvalue weighted by Crippen LogP contribution is 2.17. The van der Waals surface area contributed by atoms with E-state index in [0.29, 0.717) is 17.0 Å². The van der Waals surface area contributed by atoms with Crippen molar-refractivity contribution in [3.63, 3.8) is 0 Å². The summed E-state index contributed by atoms with van der Waals surface area (Å²) >= 11 is 6.01. The molecule has 0 aliphatic rings. The van der Waals surface area contributed by atoms with Crippen LogP contribution in [-0.4, -0.2) is 9.97 Å². The molecule has 1 aromatic carbocycles. The summed E-state index contributed by atoms with van der Waals surface area (Å²) in [5.74, 6) is 0. The van der Waals surface area contributed by atoms with E-state index in [1.54, 1.807) is 6.07 Å². The molecule has 0 atom stereocenters. The maximum absolute atomic E-state index is 12.3. The second-order valence-electron chi connectivity index (χ2n) is 5.42. The number of aryl methyl sites for hydroxylation is 2. The van der Waals surface area contributed by atoms with Crippen LogP contribution < -0.4 is 15.9 Å². The Labute approximate surface area is 142 Å². The second-order valence-corrected chi connectivity index (χ2v) is 5.86. The minimum absolute atomic E-state index is 0.0125. The number of rotatable bonds is 4. The van der Waals surface area contributed by atoms with E-state index in [0.717, 1.165) is 11.1 Å². The number of aromatic nitrogens is 2. The highest BCUT2D eigenvalue weighted by atomic mass is 35.5. The first kappa shape index (κ1) is 16.3. The van der Waals surface area contributed by atoms with E-state index in [1.807, 2.05) is 26.0 Å². The Hall–Kier alpha value is -2.60. The van der Waals surface area contributed by atoms with Gasteiger partial charge in [0.1, 0.15) is 12.0 Å². The van der Waals surface area contributed by atoms with Crippen molar-refractivity contribution in [2.75, 3.05) is 0 Å². The Morgan fingerprint density at radius 2 is 2.04 bits per heavy atom. The van der Waals surface area contributed by atoms with Gasteiger partial charge in [0, 0.05) is 11.1 Å². The van der Waals surface area contributed by atoms with Gasteiger partial charge in [0.05, 0.1) is 0 Å². The van der Waals surface area contributed by atoms with Crippen molar-refractivity contribution in [2.45, 2.75) is 26.9 Å². The maximum atomic E-state index is 12.3. The molecule has 2 aromatic heterocycles. The predicted octanol–water partition coefficient (Wildman–Crippen LogP) is 2.98. The lowest BCUT2D eigenvalue weighted by Gasteiger charge is -2.08. The molecular formula is C17H15ClN2O4. The van der Waals surface area contributed by atoms with Gasteiger partial charge in [-0.1, -0.05) is 24.6 Å². The van der Waals surface area contributed by atoms with Crippen molar-refractivity contribution in [3.8, 4) is 6.01 Å². The van der Waals surface area contributed by atoms with Crippen molar-refractivity contribution >= 4 is 22.7 Å². The van der Waals surface area contributed by atoms with Crippen molar-refractivity contribution in [3.05, 3.63) is 66.8 Å². The standard InChI is InChI=1S/C17H15ClN2O4/c1-3-11-7-13(21)24-16-14(11)15(22)19-17(20-16)23-8-10-4-9(2)5-12(18)6-10/h4-7H,3,8H2,1-2H3,(H,19,20,22). The first-order valence-corrected chi connectivity index (χ1v) is 7.80. The Morgan fingerprint density at radius 1 is 1.25 bits per heavy atom. The SMILES string of the molecule is CCc1cc(=O)oc2nc(OCc3cc(C)cc(Cl)c3)[nH]c(=O)c12. The average molecular weight is 347 g/mol. The molecule has 0 saturated heterocycles. The van der Waals surface area contributed by atoms with E-state index in [9.17, 15) is 9.59 Å². The molecule has 3 aromatic rings. The fraction of sp³-hybridized carbons (Fsp3) is 0.235. The van der Waals surface area contributed by atoms with Gasteiger partial charge in [-0.2, -0.15) is 4.98 Å². The van der Waals surface area contributed by atoms with Gasteiger partial charge >= 0.3 is 5.63 Å². The number of benzene rings is 1. The molecule has 0 spiro atoms. The molecule has 0 bridgehead atoms. The summed E-state index contributed by atoms with van der Waals surface area (Å²) in [4.78, 5) is 30.5. The summed E-state index contributed by atoms with van der Waals surface area (Å²) in [5, 5.41) is 0.871.